The molecule has 184 valence electrons. The van der Waals surface area contributed by atoms with E-state index in [2.05, 4.69) is 34.6 Å². The summed E-state index contributed by atoms with van der Waals surface area (Å²) in [7, 11) is 0. The average molecular weight is 447 g/mol. The summed E-state index contributed by atoms with van der Waals surface area (Å²) < 4.78 is 0. The van der Waals surface area contributed by atoms with Gasteiger partial charge in [0.05, 0.1) is 0 Å². The molecule has 9 unspecified atom stereocenters. The van der Waals surface area contributed by atoms with Gasteiger partial charge in [-0.05, 0) is 110 Å². The van der Waals surface area contributed by atoms with Gasteiger partial charge >= 0.3 is 0 Å². The fraction of sp³-hybridized carbons (Fsp3) is 0.966. The highest BCUT2D eigenvalue weighted by Gasteiger charge is 2.62. The predicted octanol–water partition coefficient (Wildman–Crippen LogP) is 6.40. The molecule has 4 aliphatic rings. The summed E-state index contributed by atoms with van der Waals surface area (Å²) in [5.41, 5.74) is -0.504. The third-order valence-corrected chi connectivity index (χ3v) is 11.6. The summed E-state index contributed by atoms with van der Waals surface area (Å²) in [4.78, 5) is 12.3. The van der Waals surface area contributed by atoms with E-state index in [-0.39, 0.29) is 11.2 Å². The molecule has 3 nitrogen and oxygen atoms in total. The van der Waals surface area contributed by atoms with Crippen molar-refractivity contribution < 1.29 is 15.0 Å². The number of carbonyl (C=O) groups is 1. The van der Waals surface area contributed by atoms with E-state index in [9.17, 15) is 15.0 Å². The van der Waals surface area contributed by atoms with Gasteiger partial charge in [0, 0.05) is 0 Å². The van der Waals surface area contributed by atoms with Crippen molar-refractivity contribution in [3.05, 3.63) is 0 Å². The van der Waals surface area contributed by atoms with Crippen LogP contribution in [0.1, 0.15) is 112 Å². The first-order chi connectivity index (χ1) is 15.0. The topological polar surface area (TPSA) is 57.5 Å². The standard InChI is InChI=1S/C29H50O3/c1-19(2)7-6-8-20(3)23-11-12-24-22-10-9-21-17-29(32,26(31)18-30)16-15-27(21,4)25(22)13-14-28(23,24)5/h19-25,30,32H,6-18H2,1-5H3. The summed E-state index contributed by atoms with van der Waals surface area (Å²) in [5.74, 6) is 5.09. The molecule has 32 heavy (non-hydrogen) atoms. The van der Waals surface area contributed by atoms with Crippen LogP contribution in [0.3, 0.4) is 0 Å². The summed E-state index contributed by atoms with van der Waals surface area (Å²) in [6.45, 7) is 11.9. The van der Waals surface area contributed by atoms with Crippen LogP contribution in [0.25, 0.3) is 0 Å². The lowest BCUT2D eigenvalue weighted by Crippen LogP contribution is -2.57. The van der Waals surface area contributed by atoms with Crippen LogP contribution in [0.15, 0.2) is 0 Å². The first-order valence-electron chi connectivity index (χ1n) is 13.9. The molecule has 0 aliphatic heterocycles. The van der Waals surface area contributed by atoms with Crippen molar-refractivity contribution in [3.8, 4) is 0 Å². The highest BCUT2D eigenvalue weighted by atomic mass is 16.3. The molecule has 0 saturated heterocycles. The number of fused-ring (bicyclic) bond motifs is 5. The summed E-state index contributed by atoms with van der Waals surface area (Å²) in [5, 5.41) is 20.3. The van der Waals surface area contributed by atoms with E-state index in [1.165, 1.54) is 51.4 Å². The SMILES string of the molecule is CC(C)CCCC(C)C1CCC2C3CCC4CC(O)(C(=O)CO)CCC4(C)C3CCC12C. The fourth-order valence-corrected chi connectivity index (χ4v) is 9.67. The van der Waals surface area contributed by atoms with Gasteiger partial charge in [-0.25, -0.2) is 0 Å². The molecule has 0 aromatic carbocycles. The first-order valence-corrected chi connectivity index (χ1v) is 13.9. The van der Waals surface area contributed by atoms with Gasteiger partial charge in [0.2, 0.25) is 0 Å². The van der Waals surface area contributed by atoms with Crippen LogP contribution in [-0.4, -0.2) is 28.2 Å². The summed E-state index contributed by atoms with van der Waals surface area (Å²) in [6, 6.07) is 0. The monoisotopic (exact) mass is 446 g/mol. The quantitative estimate of drug-likeness (QED) is 0.476. The van der Waals surface area contributed by atoms with E-state index >= 15 is 0 Å². The number of hydrogen-bond acceptors (Lipinski definition) is 3. The molecule has 4 fully saturated rings. The van der Waals surface area contributed by atoms with Crippen LogP contribution in [0.4, 0.5) is 0 Å². The molecule has 0 radical (unpaired) electrons. The highest BCUT2D eigenvalue weighted by Crippen LogP contribution is 2.69. The molecule has 4 saturated carbocycles. The minimum absolute atomic E-state index is 0.257. The Bertz CT molecular complexity index is 688. The van der Waals surface area contributed by atoms with Crippen LogP contribution in [0.5, 0.6) is 0 Å². The second-order valence-corrected chi connectivity index (χ2v) is 13.5. The van der Waals surface area contributed by atoms with Crippen molar-refractivity contribution in [2.45, 2.75) is 117 Å². The molecule has 9 atom stereocenters. The van der Waals surface area contributed by atoms with E-state index < -0.39 is 12.2 Å². The molecule has 0 aromatic rings. The molecular weight excluding hydrogens is 396 g/mol. The van der Waals surface area contributed by atoms with E-state index in [1.54, 1.807) is 0 Å². The maximum atomic E-state index is 12.3. The molecule has 0 amide bonds. The molecule has 4 aliphatic carbocycles. The van der Waals surface area contributed by atoms with Gasteiger partial charge in [0.25, 0.3) is 0 Å². The average Bonchev–Trinajstić information content (AvgIpc) is 3.10. The summed E-state index contributed by atoms with van der Waals surface area (Å²) >= 11 is 0. The Kier molecular flexibility index (Phi) is 6.94. The Labute approximate surface area is 197 Å². The van der Waals surface area contributed by atoms with E-state index in [4.69, 9.17) is 0 Å². The van der Waals surface area contributed by atoms with E-state index in [0.717, 1.165) is 48.3 Å². The van der Waals surface area contributed by atoms with Crippen LogP contribution >= 0.6 is 0 Å². The Morgan fingerprint density at radius 3 is 2.31 bits per heavy atom. The van der Waals surface area contributed by atoms with Crippen LogP contribution < -0.4 is 0 Å². The Morgan fingerprint density at radius 1 is 0.906 bits per heavy atom. The van der Waals surface area contributed by atoms with Gasteiger partial charge in [0.1, 0.15) is 12.2 Å². The van der Waals surface area contributed by atoms with Crippen molar-refractivity contribution in [1.82, 2.24) is 0 Å². The van der Waals surface area contributed by atoms with Gasteiger partial charge in [-0.3, -0.25) is 4.79 Å². The maximum absolute atomic E-state index is 12.3. The number of carbonyl (C=O) groups excluding carboxylic acids is 1. The second-order valence-electron chi connectivity index (χ2n) is 13.5. The van der Waals surface area contributed by atoms with Crippen molar-refractivity contribution >= 4 is 5.78 Å². The van der Waals surface area contributed by atoms with Crippen molar-refractivity contribution in [2.75, 3.05) is 6.61 Å². The molecule has 2 N–H and O–H groups in total. The molecule has 0 aromatic heterocycles. The number of aliphatic hydroxyl groups is 2. The predicted molar refractivity (Wildman–Crippen MR) is 130 cm³/mol. The minimum Gasteiger partial charge on any atom is -0.388 e. The van der Waals surface area contributed by atoms with Gasteiger partial charge in [-0.2, -0.15) is 0 Å². The number of ketones is 1. The zero-order valence-electron chi connectivity index (χ0n) is 21.5. The Balaban J connectivity index is 1.46. The largest absolute Gasteiger partial charge is 0.388 e. The second kappa shape index (κ2) is 8.99. The lowest BCUT2D eigenvalue weighted by Gasteiger charge is -2.62. The normalized spacial score (nSPS) is 46.9. The van der Waals surface area contributed by atoms with E-state index in [0.29, 0.717) is 24.2 Å². The van der Waals surface area contributed by atoms with E-state index in [1.807, 2.05) is 0 Å². The molecule has 3 heteroatoms. The lowest BCUT2D eigenvalue weighted by molar-refractivity contribution is -0.168. The number of hydrogen-bond donors (Lipinski definition) is 2. The lowest BCUT2D eigenvalue weighted by atomic mass is 9.43. The van der Waals surface area contributed by atoms with Gasteiger partial charge in [-0.1, -0.05) is 53.9 Å². The van der Waals surface area contributed by atoms with Crippen molar-refractivity contribution in [1.29, 1.82) is 0 Å². The van der Waals surface area contributed by atoms with Crippen LogP contribution in [-0.2, 0) is 4.79 Å². The van der Waals surface area contributed by atoms with Gasteiger partial charge in [0.15, 0.2) is 5.78 Å². The Morgan fingerprint density at radius 2 is 1.62 bits per heavy atom. The molecule has 0 spiro atoms. The zero-order valence-corrected chi connectivity index (χ0v) is 21.5. The van der Waals surface area contributed by atoms with Gasteiger partial charge in [-0.15, -0.1) is 0 Å². The molecular formula is C29H50O3. The smallest absolute Gasteiger partial charge is 0.189 e. The zero-order chi connectivity index (χ0) is 23.3. The van der Waals surface area contributed by atoms with Crippen molar-refractivity contribution in [2.24, 2.45) is 52.3 Å². The van der Waals surface area contributed by atoms with Crippen molar-refractivity contribution in [3.63, 3.8) is 0 Å². The number of aliphatic hydroxyl groups excluding tert-OH is 1. The Hall–Kier alpha value is -0.410. The van der Waals surface area contributed by atoms with Crippen LogP contribution in [0, 0.1) is 52.3 Å². The summed E-state index contributed by atoms with van der Waals surface area (Å²) in [6.07, 6.45) is 14.2. The third-order valence-electron chi connectivity index (χ3n) is 11.6. The number of rotatable bonds is 7. The highest BCUT2D eigenvalue weighted by molar-refractivity contribution is 5.88. The fourth-order valence-electron chi connectivity index (χ4n) is 9.67. The molecule has 0 heterocycles. The van der Waals surface area contributed by atoms with Gasteiger partial charge < -0.3 is 10.2 Å². The molecule has 0 bridgehead atoms. The molecule has 4 rings (SSSR count). The maximum Gasteiger partial charge on any atom is 0.189 e. The van der Waals surface area contributed by atoms with Crippen LogP contribution in [0.2, 0.25) is 0 Å². The third kappa shape index (κ3) is 4.02. The first kappa shape index (κ1) is 24.7. The minimum atomic E-state index is -1.28. The number of Topliss-reactive ketones (excluding diaryl/α,β-unsaturated/α-hetero) is 1.